The number of ether oxygens (including phenoxy) is 4. The fraction of sp³-hybridized carbons (Fsp3) is 0.256. The molecule has 1 aliphatic carbocycles. The summed E-state index contributed by atoms with van der Waals surface area (Å²) in [5, 5.41) is 4.73. The molecule has 47 heavy (non-hydrogen) atoms. The molecule has 3 aliphatic rings. The molecule has 0 atom stereocenters. The van der Waals surface area contributed by atoms with E-state index in [2.05, 4.69) is 135 Å². The minimum atomic E-state index is -0.475. The largest absolute Gasteiger partial charge is 0.493 e. The van der Waals surface area contributed by atoms with E-state index < -0.39 is 5.41 Å². The van der Waals surface area contributed by atoms with Gasteiger partial charge in [0.25, 0.3) is 0 Å². The third-order valence-corrected chi connectivity index (χ3v) is 10.4. The quantitative estimate of drug-likeness (QED) is 0.170. The van der Waals surface area contributed by atoms with Gasteiger partial charge in [-0.25, -0.2) is 0 Å². The van der Waals surface area contributed by atoms with Crippen molar-refractivity contribution in [3.63, 3.8) is 0 Å². The van der Waals surface area contributed by atoms with Gasteiger partial charge in [0.05, 0.1) is 45.1 Å². The summed E-state index contributed by atoms with van der Waals surface area (Å²) in [5.41, 5.74) is 7.45. The number of fused-ring (bicyclic) bond motifs is 5. The SMILES string of the molecule is CC1(COc2ccc3cc(C4(c5ccc6cc(OCC7(C)COC7)ccc6c5)c5ccccc5-c5ccccc54)ccc3c2)COC1. The van der Waals surface area contributed by atoms with Gasteiger partial charge in [-0.15, -0.1) is 0 Å². The molecule has 0 unspecified atom stereocenters. The second-order valence-electron chi connectivity index (χ2n) is 14.5. The van der Waals surface area contributed by atoms with Crippen LogP contribution in [0.4, 0.5) is 0 Å². The number of hydrogen-bond donors (Lipinski definition) is 0. The molecule has 9 rings (SSSR count). The lowest BCUT2D eigenvalue weighted by molar-refractivity contribution is -0.120. The highest BCUT2D eigenvalue weighted by molar-refractivity contribution is 5.92. The maximum Gasteiger partial charge on any atom is 0.119 e. The molecule has 4 heteroatoms. The monoisotopic (exact) mass is 618 g/mol. The molecule has 234 valence electrons. The van der Waals surface area contributed by atoms with Crippen LogP contribution in [0.1, 0.15) is 36.1 Å². The Morgan fingerprint density at radius 1 is 0.489 bits per heavy atom. The average Bonchev–Trinajstić information content (AvgIpc) is 3.39. The predicted molar refractivity (Wildman–Crippen MR) is 188 cm³/mol. The van der Waals surface area contributed by atoms with Gasteiger partial charge in [-0.2, -0.15) is 0 Å². The number of hydrogen-bond acceptors (Lipinski definition) is 4. The molecule has 0 radical (unpaired) electrons. The zero-order chi connectivity index (χ0) is 31.6. The van der Waals surface area contributed by atoms with Crippen LogP contribution in [0.3, 0.4) is 0 Å². The zero-order valence-electron chi connectivity index (χ0n) is 26.9. The molecule has 2 heterocycles. The minimum Gasteiger partial charge on any atom is -0.493 e. The lowest BCUT2D eigenvalue weighted by Crippen LogP contribution is -2.44. The first-order valence-corrected chi connectivity index (χ1v) is 16.6. The Morgan fingerprint density at radius 2 is 0.894 bits per heavy atom. The van der Waals surface area contributed by atoms with Crippen LogP contribution in [0.15, 0.2) is 121 Å². The molecular weight excluding hydrogens is 580 g/mol. The Kier molecular flexibility index (Phi) is 6.50. The van der Waals surface area contributed by atoms with Gasteiger partial charge in [0, 0.05) is 10.8 Å². The van der Waals surface area contributed by atoms with Crippen molar-refractivity contribution in [2.24, 2.45) is 10.8 Å². The Balaban J connectivity index is 1.16. The van der Waals surface area contributed by atoms with Gasteiger partial charge in [0.2, 0.25) is 0 Å². The summed E-state index contributed by atoms with van der Waals surface area (Å²) >= 11 is 0. The predicted octanol–water partition coefficient (Wildman–Crippen LogP) is 9.19. The van der Waals surface area contributed by atoms with Crippen molar-refractivity contribution < 1.29 is 18.9 Å². The van der Waals surface area contributed by atoms with Gasteiger partial charge >= 0.3 is 0 Å². The molecule has 6 aromatic rings. The van der Waals surface area contributed by atoms with Crippen molar-refractivity contribution in [1.82, 2.24) is 0 Å². The van der Waals surface area contributed by atoms with Crippen LogP contribution in [0.2, 0.25) is 0 Å². The fourth-order valence-electron chi connectivity index (χ4n) is 7.70. The molecule has 4 nitrogen and oxygen atoms in total. The second kappa shape index (κ2) is 10.7. The van der Waals surface area contributed by atoms with E-state index in [9.17, 15) is 0 Å². The Morgan fingerprint density at radius 3 is 1.32 bits per heavy atom. The van der Waals surface area contributed by atoms with Gasteiger partial charge in [-0.1, -0.05) is 98.8 Å². The van der Waals surface area contributed by atoms with Crippen molar-refractivity contribution in [3.05, 3.63) is 144 Å². The lowest BCUT2D eigenvalue weighted by atomic mass is 9.67. The molecule has 2 fully saturated rings. The first kappa shape index (κ1) is 28.6. The summed E-state index contributed by atoms with van der Waals surface area (Å²) < 4.78 is 23.3. The van der Waals surface area contributed by atoms with E-state index in [1.807, 2.05) is 0 Å². The van der Waals surface area contributed by atoms with Crippen LogP contribution in [0.25, 0.3) is 32.7 Å². The minimum absolute atomic E-state index is 0.104. The van der Waals surface area contributed by atoms with Gasteiger partial charge in [-0.05, 0) is 91.3 Å². The number of rotatable bonds is 8. The van der Waals surface area contributed by atoms with E-state index >= 15 is 0 Å². The summed E-state index contributed by atoms with van der Waals surface area (Å²) in [6, 6.07) is 44.7. The van der Waals surface area contributed by atoms with Crippen LogP contribution in [-0.4, -0.2) is 39.6 Å². The van der Waals surface area contributed by atoms with Gasteiger partial charge in [-0.3, -0.25) is 0 Å². The third kappa shape index (κ3) is 4.65. The van der Waals surface area contributed by atoms with Crippen molar-refractivity contribution >= 4 is 21.5 Å². The smallest absolute Gasteiger partial charge is 0.119 e. The van der Waals surface area contributed by atoms with Crippen molar-refractivity contribution in [1.29, 1.82) is 0 Å². The summed E-state index contributed by atoms with van der Waals surface area (Å²) in [6.07, 6.45) is 0. The van der Waals surface area contributed by atoms with E-state index in [1.54, 1.807) is 0 Å². The van der Waals surface area contributed by atoms with E-state index in [0.29, 0.717) is 13.2 Å². The van der Waals surface area contributed by atoms with Crippen molar-refractivity contribution in [3.8, 4) is 22.6 Å². The average molecular weight is 619 g/mol. The van der Waals surface area contributed by atoms with E-state index in [0.717, 1.165) is 37.9 Å². The standard InChI is InChI=1S/C43H38O4/c1-41(23-44-24-41)27-46-35-17-13-29-19-33(15-11-31(29)21-35)43(39-9-5-3-7-37(39)38-8-4-6-10-40(38)43)34-16-12-32-22-36(18-14-30(32)20-34)47-28-42(2)25-45-26-42/h3-22H,23-28H2,1-2H3. The van der Waals surface area contributed by atoms with Crippen molar-refractivity contribution in [2.45, 2.75) is 19.3 Å². The topological polar surface area (TPSA) is 36.9 Å². The van der Waals surface area contributed by atoms with Crippen LogP contribution >= 0.6 is 0 Å². The lowest BCUT2D eigenvalue weighted by Gasteiger charge is -2.37. The van der Waals surface area contributed by atoms with Crippen LogP contribution < -0.4 is 9.47 Å². The van der Waals surface area contributed by atoms with Crippen LogP contribution in [0.5, 0.6) is 11.5 Å². The van der Waals surface area contributed by atoms with Crippen LogP contribution in [-0.2, 0) is 14.9 Å². The van der Waals surface area contributed by atoms with Crippen LogP contribution in [0, 0.1) is 10.8 Å². The zero-order valence-corrected chi connectivity index (χ0v) is 26.9. The van der Waals surface area contributed by atoms with E-state index in [1.165, 1.54) is 54.9 Å². The fourth-order valence-corrected chi connectivity index (χ4v) is 7.70. The second-order valence-corrected chi connectivity index (χ2v) is 14.5. The summed E-state index contributed by atoms with van der Waals surface area (Å²) in [5.74, 6) is 1.80. The molecule has 0 spiro atoms. The van der Waals surface area contributed by atoms with Gasteiger partial charge in [0.15, 0.2) is 0 Å². The summed E-state index contributed by atoms with van der Waals surface area (Å²) in [4.78, 5) is 0. The molecular formula is C43H38O4. The molecule has 0 saturated carbocycles. The molecule has 0 amide bonds. The van der Waals surface area contributed by atoms with Gasteiger partial charge < -0.3 is 18.9 Å². The molecule has 0 aromatic heterocycles. The van der Waals surface area contributed by atoms with E-state index in [-0.39, 0.29) is 10.8 Å². The first-order valence-electron chi connectivity index (χ1n) is 16.6. The third-order valence-electron chi connectivity index (χ3n) is 10.4. The highest BCUT2D eigenvalue weighted by Crippen LogP contribution is 2.56. The molecule has 2 aliphatic heterocycles. The van der Waals surface area contributed by atoms with E-state index in [4.69, 9.17) is 18.9 Å². The molecule has 0 bridgehead atoms. The maximum atomic E-state index is 6.23. The molecule has 0 N–H and O–H groups in total. The maximum absolute atomic E-state index is 6.23. The summed E-state index contributed by atoms with van der Waals surface area (Å²) in [7, 11) is 0. The Labute approximate surface area is 275 Å². The van der Waals surface area contributed by atoms with Crippen molar-refractivity contribution in [2.75, 3.05) is 39.6 Å². The number of benzene rings is 6. The highest BCUT2D eigenvalue weighted by atomic mass is 16.5. The normalized spacial score (nSPS) is 18.2. The molecule has 6 aromatic carbocycles. The summed E-state index contributed by atoms with van der Waals surface area (Å²) in [6.45, 7) is 8.79. The Hall–Kier alpha value is -4.64. The first-order chi connectivity index (χ1) is 22.9. The Bertz CT molecular complexity index is 2000. The molecule has 2 saturated heterocycles. The van der Waals surface area contributed by atoms with Gasteiger partial charge in [0.1, 0.15) is 11.5 Å². The highest BCUT2D eigenvalue weighted by Gasteiger charge is 2.46.